The Morgan fingerprint density at radius 1 is 1.89 bits per heavy atom. The Kier molecular flexibility index (Phi) is 1.89. The molecule has 1 atom stereocenters. The zero-order chi connectivity index (χ0) is 6.69. The van der Waals surface area contributed by atoms with E-state index in [9.17, 15) is 4.79 Å². The van der Waals surface area contributed by atoms with Crippen LogP contribution in [0, 0.1) is 6.42 Å². The number of nitrogens with two attached hydrogens (primary N) is 1. The molecule has 1 fully saturated rings. The van der Waals surface area contributed by atoms with Crippen LogP contribution in [-0.4, -0.2) is 25.4 Å². The van der Waals surface area contributed by atoms with E-state index < -0.39 is 6.09 Å². The molecule has 0 aliphatic carbocycles. The van der Waals surface area contributed by atoms with Crippen molar-refractivity contribution >= 4 is 6.09 Å². The molecule has 51 valence electrons. The lowest BCUT2D eigenvalue weighted by molar-refractivity contribution is 0.0949. The summed E-state index contributed by atoms with van der Waals surface area (Å²) in [6.07, 6.45) is 0.773. The van der Waals surface area contributed by atoms with Crippen molar-refractivity contribution in [2.45, 2.75) is 6.10 Å². The lowest BCUT2D eigenvalue weighted by Crippen LogP contribution is -2.22. The van der Waals surface area contributed by atoms with Crippen LogP contribution in [-0.2, 0) is 9.47 Å². The Hall–Kier alpha value is -0.770. The molecule has 0 aromatic carbocycles. The van der Waals surface area contributed by atoms with Crippen molar-refractivity contribution in [1.82, 2.24) is 0 Å². The van der Waals surface area contributed by atoms with E-state index in [-0.39, 0.29) is 6.10 Å². The zero-order valence-corrected chi connectivity index (χ0v) is 4.87. The number of carbonyl (C=O) groups excluding carboxylic acids is 1. The molecule has 1 rings (SSSR count). The fourth-order valence-corrected chi connectivity index (χ4v) is 0.659. The molecule has 9 heavy (non-hydrogen) atoms. The molecule has 2 N–H and O–H groups in total. The smallest absolute Gasteiger partial charge is 0.404 e. The first-order valence-electron chi connectivity index (χ1n) is 2.66. The summed E-state index contributed by atoms with van der Waals surface area (Å²) in [4.78, 5) is 10.1. The van der Waals surface area contributed by atoms with Crippen molar-refractivity contribution in [1.29, 1.82) is 0 Å². The van der Waals surface area contributed by atoms with Gasteiger partial charge in [0.25, 0.3) is 0 Å². The quantitative estimate of drug-likeness (QED) is 0.529. The predicted molar refractivity (Wildman–Crippen MR) is 29.6 cm³/mol. The van der Waals surface area contributed by atoms with E-state index in [2.05, 4.69) is 4.74 Å². The van der Waals surface area contributed by atoms with Crippen LogP contribution < -0.4 is 5.73 Å². The number of primary amides is 1. The van der Waals surface area contributed by atoms with Crippen LogP contribution in [0.25, 0.3) is 0 Å². The molecule has 1 heterocycles. The minimum absolute atomic E-state index is 0.234. The van der Waals surface area contributed by atoms with Crippen LogP contribution in [0.3, 0.4) is 0 Å². The molecule has 0 bridgehead atoms. The van der Waals surface area contributed by atoms with E-state index in [1.54, 1.807) is 6.42 Å². The Morgan fingerprint density at radius 2 is 2.67 bits per heavy atom. The Labute approximate surface area is 52.9 Å². The van der Waals surface area contributed by atoms with Gasteiger partial charge in [-0.1, -0.05) is 0 Å². The number of amides is 1. The van der Waals surface area contributed by atoms with E-state index >= 15 is 0 Å². The first kappa shape index (κ1) is 6.35. The number of carbonyl (C=O) groups is 1. The van der Waals surface area contributed by atoms with Crippen molar-refractivity contribution in [3.8, 4) is 0 Å². The van der Waals surface area contributed by atoms with Gasteiger partial charge in [-0.05, 0) is 0 Å². The van der Waals surface area contributed by atoms with E-state index in [0.717, 1.165) is 0 Å². The second-order valence-electron chi connectivity index (χ2n) is 1.75. The van der Waals surface area contributed by atoms with Crippen LogP contribution in [0.4, 0.5) is 4.79 Å². The van der Waals surface area contributed by atoms with E-state index in [1.165, 1.54) is 0 Å². The molecular formula is C5H8NO3. The average Bonchev–Trinajstić information content (AvgIpc) is 2.15. The second kappa shape index (κ2) is 2.68. The van der Waals surface area contributed by atoms with Crippen LogP contribution in [0.2, 0.25) is 0 Å². The third-order valence-electron chi connectivity index (χ3n) is 1.03. The fraction of sp³-hybridized carbons (Fsp3) is 0.600. The topological polar surface area (TPSA) is 61.6 Å². The molecular weight excluding hydrogens is 122 g/mol. The summed E-state index contributed by atoms with van der Waals surface area (Å²) in [5, 5.41) is 0. The number of rotatable bonds is 1. The first-order valence-corrected chi connectivity index (χ1v) is 2.66. The van der Waals surface area contributed by atoms with Gasteiger partial charge in [-0.25, -0.2) is 4.79 Å². The highest BCUT2D eigenvalue weighted by molar-refractivity contribution is 5.65. The molecule has 1 saturated heterocycles. The van der Waals surface area contributed by atoms with Gasteiger partial charge in [-0.15, -0.1) is 0 Å². The first-order chi connectivity index (χ1) is 4.29. The van der Waals surface area contributed by atoms with Gasteiger partial charge in [-0.3, -0.25) is 0 Å². The summed E-state index contributed by atoms with van der Waals surface area (Å²) in [6.45, 7) is 0.973. The normalized spacial score (nSPS) is 26.0. The minimum atomic E-state index is -0.748. The molecule has 1 aliphatic rings. The van der Waals surface area contributed by atoms with Crippen LogP contribution in [0.1, 0.15) is 0 Å². The molecule has 4 heteroatoms. The second-order valence-corrected chi connectivity index (χ2v) is 1.75. The zero-order valence-electron chi connectivity index (χ0n) is 4.87. The monoisotopic (exact) mass is 130 g/mol. The number of ether oxygens (including phenoxy) is 2. The Bertz CT molecular complexity index is 109. The highest BCUT2D eigenvalue weighted by atomic mass is 16.6. The number of hydrogen-bond donors (Lipinski definition) is 1. The van der Waals surface area contributed by atoms with Crippen molar-refractivity contribution in [3.05, 3.63) is 6.42 Å². The van der Waals surface area contributed by atoms with Crippen molar-refractivity contribution in [2.75, 3.05) is 13.2 Å². The molecule has 4 nitrogen and oxygen atoms in total. The van der Waals surface area contributed by atoms with E-state index in [1.807, 2.05) is 0 Å². The summed E-state index contributed by atoms with van der Waals surface area (Å²) >= 11 is 0. The molecule has 0 saturated carbocycles. The molecule has 1 amide bonds. The van der Waals surface area contributed by atoms with Crippen molar-refractivity contribution < 1.29 is 14.3 Å². The molecule has 0 spiro atoms. The van der Waals surface area contributed by atoms with Gasteiger partial charge in [0.1, 0.15) is 6.10 Å². The van der Waals surface area contributed by atoms with Crippen LogP contribution >= 0.6 is 0 Å². The van der Waals surface area contributed by atoms with Crippen molar-refractivity contribution in [3.63, 3.8) is 0 Å². The van der Waals surface area contributed by atoms with Crippen LogP contribution in [0.15, 0.2) is 0 Å². The standard InChI is InChI=1S/C5H8NO3/c6-5(7)9-4-1-2-8-3-4/h1,4H,2-3H2,(H2,6,7). The maximum Gasteiger partial charge on any atom is 0.404 e. The van der Waals surface area contributed by atoms with Crippen LogP contribution in [0.5, 0.6) is 0 Å². The molecule has 1 unspecified atom stereocenters. The summed E-state index contributed by atoms with van der Waals surface area (Å²) in [7, 11) is 0. The molecule has 0 aromatic heterocycles. The Balaban J connectivity index is 2.19. The van der Waals surface area contributed by atoms with Gasteiger partial charge < -0.3 is 15.2 Å². The van der Waals surface area contributed by atoms with Crippen molar-refractivity contribution in [2.24, 2.45) is 5.73 Å². The maximum atomic E-state index is 10.1. The molecule has 1 aliphatic heterocycles. The third kappa shape index (κ3) is 1.89. The Morgan fingerprint density at radius 3 is 3.11 bits per heavy atom. The fourth-order valence-electron chi connectivity index (χ4n) is 0.659. The van der Waals surface area contributed by atoms with Gasteiger partial charge in [-0.2, -0.15) is 0 Å². The SMILES string of the molecule is NC(=O)OC1[CH]COC1. The van der Waals surface area contributed by atoms with E-state index in [4.69, 9.17) is 10.5 Å². The van der Waals surface area contributed by atoms with Gasteiger partial charge >= 0.3 is 6.09 Å². The lowest BCUT2D eigenvalue weighted by Gasteiger charge is -2.04. The van der Waals surface area contributed by atoms with Gasteiger partial charge in [0.2, 0.25) is 0 Å². The minimum Gasteiger partial charge on any atom is -0.444 e. The summed E-state index contributed by atoms with van der Waals surface area (Å²) < 4.78 is 9.44. The highest BCUT2D eigenvalue weighted by Gasteiger charge is 2.18. The number of hydrogen-bond acceptors (Lipinski definition) is 3. The summed E-state index contributed by atoms with van der Waals surface area (Å²) in [6, 6.07) is 0. The highest BCUT2D eigenvalue weighted by Crippen LogP contribution is 2.05. The lowest BCUT2D eigenvalue weighted by atomic mass is 10.3. The molecule has 0 aromatic rings. The summed E-state index contributed by atoms with van der Waals surface area (Å²) in [5.41, 5.74) is 4.74. The maximum absolute atomic E-state index is 10.1. The molecule has 1 radical (unpaired) electrons. The van der Waals surface area contributed by atoms with Gasteiger partial charge in [0.15, 0.2) is 0 Å². The largest absolute Gasteiger partial charge is 0.444 e. The predicted octanol–water partition coefficient (Wildman–Crippen LogP) is -0.315. The third-order valence-corrected chi connectivity index (χ3v) is 1.03. The average molecular weight is 130 g/mol. The van der Waals surface area contributed by atoms with Gasteiger partial charge in [0.05, 0.1) is 13.2 Å². The van der Waals surface area contributed by atoms with Gasteiger partial charge in [0, 0.05) is 6.42 Å². The summed E-state index contributed by atoms with van der Waals surface area (Å²) in [5.74, 6) is 0. The van der Waals surface area contributed by atoms with E-state index in [0.29, 0.717) is 13.2 Å².